The zero-order valence-electron chi connectivity index (χ0n) is 17.5. The van der Waals surface area contributed by atoms with Gasteiger partial charge in [0.05, 0.1) is 18.6 Å². The normalized spacial score (nSPS) is 13.5. The molecule has 1 aliphatic rings. The lowest BCUT2D eigenvalue weighted by Crippen LogP contribution is -2.29. The van der Waals surface area contributed by atoms with Crippen LogP contribution in [0.1, 0.15) is 33.4 Å². The maximum Gasteiger partial charge on any atom is 0.163 e. The number of aromatic hydroxyl groups is 4. The van der Waals surface area contributed by atoms with Gasteiger partial charge in [-0.25, -0.2) is 0 Å². The van der Waals surface area contributed by atoms with Crippen molar-refractivity contribution < 1.29 is 30.6 Å². The first kappa shape index (κ1) is 20.9. The van der Waals surface area contributed by atoms with Gasteiger partial charge in [-0.2, -0.15) is 0 Å². The van der Waals surface area contributed by atoms with Crippen molar-refractivity contribution in [1.82, 2.24) is 0 Å². The number of rotatable bonds is 4. The van der Waals surface area contributed by atoms with Crippen LogP contribution < -0.4 is 0 Å². The van der Waals surface area contributed by atoms with Gasteiger partial charge in [0.15, 0.2) is 23.0 Å². The minimum absolute atomic E-state index is 0.150. The lowest BCUT2D eigenvalue weighted by Gasteiger charge is -2.34. The highest BCUT2D eigenvalue weighted by Gasteiger charge is 2.47. The smallest absolute Gasteiger partial charge is 0.163 e. The second-order valence-electron chi connectivity index (χ2n) is 8.16. The van der Waals surface area contributed by atoms with Crippen LogP contribution in [0.25, 0.3) is 11.1 Å². The van der Waals surface area contributed by atoms with Crippen LogP contribution in [0.3, 0.4) is 0 Å². The molecule has 0 atom stereocenters. The molecule has 6 heteroatoms. The van der Waals surface area contributed by atoms with E-state index in [0.29, 0.717) is 11.1 Å². The number of fused-ring (bicyclic) bond motifs is 3. The van der Waals surface area contributed by atoms with E-state index in [1.165, 1.54) is 12.1 Å². The zero-order chi connectivity index (χ0) is 23.3. The Morgan fingerprint density at radius 2 is 0.939 bits per heavy atom. The molecule has 0 spiro atoms. The molecule has 6 nitrogen and oxygen atoms in total. The summed E-state index contributed by atoms with van der Waals surface area (Å²) in [6.45, 7) is -0.981. The third-order valence-corrected chi connectivity index (χ3v) is 6.50. The second-order valence-corrected chi connectivity index (χ2v) is 8.16. The van der Waals surface area contributed by atoms with E-state index in [1.54, 1.807) is 12.1 Å². The van der Waals surface area contributed by atoms with E-state index < -0.39 is 30.1 Å². The summed E-state index contributed by atoms with van der Waals surface area (Å²) in [7, 11) is 0. The summed E-state index contributed by atoms with van der Waals surface area (Å²) in [6.07, 6.45) is 0. The van der Waals surface area contributed by atoms with Gasteiger partial charge in [-0.05, 0) is 57.6 Å². The summed E-state index contributed by atoms with van der Waals surface area (Å²) < 4.78 is 0. The predicted octanol–water partition coefficient (Wildman–Crippen LogP) is 3.86. The fraction of sp³-hybridized carbons (Fsp3) is 0.111. The molecular weight excluding hydrogens is 420 g/mol. The molecular formula is C27H22O6. The maximum absolute atomic E-state index is 10.5. The van der Waals surface area contributed by atoms with Gasteiger partial charge in [0.25, 0.3) is 0 Å². The molecule has 0 saturated heterocycles. The van der Waals surface area contributed by atoms with Crippen molar-refractivity contribution in [2.24, 2.45) is 0 Å². The molecule has 0 heterocycles. The minimum Gasteiger partial charge on any atom is -0.504 e. The molecule has 4 aromatic carbocycles. The molecule has 0 unspecified atom stereocenters. The number of aliphatic hydroxyl groups is 2. The van der Waals surface area contributed by atoms with Crippen molar-refractivity contribution in [2.75, 3.05) is 0 Å². The highest BCUT2D eigenvalue weighted by Crippen LogP contribution is 2.58. The van der Waals surface area contributed by atoms with Crippen molar-refractivity contribution >= 4 is 0 Å². The Hall–Kier alpha value is -4.00. The monoisotopic (exact) mass is 442 g/mol. The van der Waals surface area contributed by atoms with Crippen molar-refractivity contribution in [3.63, 3.8) is 0 Å². The molecule has 4 aromatic rings. The summed E-state index contributed by atoms with van der Waals surface area (Å²) >= 11 is 0. The van der Waals surface area contributed by atoms with Gasteiger partial charge < -0.3 is 30.6 Å². The Morgan fingerprint density at radius 1 is 0.545 bits per heavy atom. The first-order valence-electron chi connectivity index (χ1n) is 10.4. The van der Waals surface area contributed by atoms with Crippen LogP contribution in [0.15, 0.2) is 72.8 Å². The van der Waals surface area contributed by atoms with Gasteiger partial charge >= 0.3 is 0 Å². The third-order valence-electron chi connectivity index (χ3n) is 6.50. The van der Waals surface area contributed by atoms with Crippen LogP contribution in [0.5, 0.6) is 23.0 Å². The van der Waals surface area contributed by atoms with E-state index in [2.05, 4.69) is 0 Å². The van der Waals surface area contributed by atoms with E-state index in [0.717, 1.165) is 22.3 Å². The van der Waals surface area contributed by atoms with Gasteiger partial charge in [0.1, 0.15) is 0 Å². The van der Waals surface area contributed by atoms with E-state index in [4.69, 9.17) is 0 Å². The van der Waals surface area contributed by atoms with Crippen LogP contribution in [0.4, 0.5) is 0 Å². The molecule has 33 heavy (non-hydrogen) atoms. The number of phenolic OH excluding ortho intramolecular Hbond substituents is 2. The molecule has 1 aliphatic carbocycles. The van der Waals surface area contributed by atoms with Crippen molar-refractivity contribution in [1.29, 1.82) is 0 Å². The van der Waals surface area contributed by atoms with E-state index in [9.17, 15) is 30.6 Å². The molecule has 0 aromatic heterocycles. The average molecular weight is 442 g/mol. The standard InChI is InChI=1S/C27H22O6/c28-13-15-9-17(11-23(30)25(15)32)27(18-10-16(14-29)26(33)24(31)12-18)21-7-3-1-5-19(21)20-6-2-4-8-22(20)27/h1-12,28-33H,13-14H2. The molecule has 0 aliphatic heterocycles. The lowest BCUT2D eigenvalue weighted by atomic mass is 9.67. The molecule has 0 radical (unpaired) electrons. The molecule has 5 rings (SSSR count). The van der Waals surface area contributed by atoms with Crippen LogP contribution in [-0.4, -0.2) is 30.6 Å². The predicted molar refractivity (Wildman–Crippen MR) is 122 cm³/mol. The number of hydrogen-bond acceptors (Lipinski definition) is 6. The third kappa shape index (κ3) is 2.81. The van der Waals surface area contributed by atoms with Crippen LogP contribution >= 0.6 is 0 Å². The number of benzene rings is 4. The minimum atomic E-state index is -1.07. The fourth-order valence-electron chi connectivity index (χ4n) is 5.05. The number of aliphatic hydroxyl groups excluding tert-OH is 2. The fourth-order valence-corrected chi connectivity index (χ4v) is 5.05. The lowest BCUT2D eigenvalue weighted by molar-refractivity contribution is 0.272. The molecule has 0 amide bonds. The summed E-state index contributed by atoms with van der Waals surface area (Å²) in [4.78, 5) is 0. The summed E-state index contributed by atoms with van der Waals surface area (Å²) in [5, 5.41) is 61.3. The van der Waals surface area contributed by atoms with Crippen LogP contribution in [0.2, 0.25) is 0 Å². The molecule has 0 bridgehead atoms. The van der Waals surface area contributed by atoms with Crippen molar-refractivity contribution in [3.8, 4) is 34.1 Å². The number of hydrogen-bond donors (Lipinski definition) is 6. The quantitative estimate of drug-likeness (QED) is 0.235. The van der Waals surface area contributed by atoms with E-state index in [-0.39, 0.29) is 22.6 Å². The van der Waals surface area contributed by atoms with E-state index in [1.807, 2.05) is 48.5 Å². The van der Waals surface area contributed by atoms with Crippen molar-refractivity contribution in [2.45, 2.75) is 18.6 Å². The number of phenols is 4. The van der Waals surface area contributed by atoms with Gasteiger partial charge in [-0.3, -0.25) is 0 Å². The highest BCUT2D eigenvalue weighted by molar-refractivity contribution is 5.86. The first-order chi connectivity index (χ1) is 15.9. The Bertz CT molecular complexity index is 1280. The Morgan fingerprint density at radius 3 is 1.33 bits per heavy atom. The van der Waals surface area contributed by atoms with Crippen LogP contribution in [0, 0.1) is 0 Å². The summed E-state index contributed by atoms with van der Waals surface area (Å²) in [5.74, 6) is -1.58. The van der Waals surface area contributed by atoms with Gasteiger partial charge in [0, 0.05) is 11.1 Å². The van der Waals surface area contributed by atoms with Gasteiger partial charge in [-0.1, -0.05) is 48.5 Å². The van der Waals surface area contributed by atoms with Gasteiger partial charge in [0.2, 0.25) is 0 Å². The van der Waals surface area contributed by atoms with Crippen molar-refractivity contribution in [3.05, 3.63) is 106 Å². The average Bonchev–Trinajstić information content (AvgIpc) is 3.14. The topological polar surface area (TPSA) is 121 Å². The molecule has 166 valence electrons. The Kier molecular flexibility index (Phi) is 4.78. The first-order valence-corrected chi connectivity index (χ1v) is 10.4. The Balaban J connectivity index is 1.99. The van der Waals surface area contributed by atoms with Crippen LogP contribution in [-0.2, 0) is 18.6 Å². The zero-order valence-corrected chi connectivity index (χ0v) is 17.5. The molecule has 0 saturated carbocycles. The van der Waals surface area contributed by atoms with E-state index >= 15 is 0 Å². The molecule has 6 N–H and O–H groups in total. The summed E-state index contributed by atoms with van der Waals surface area (Å²) in [6, 6.07) is 21.6. The highest BCUT2D eigenvalue weighted by atomic mass is 16.3. The SMILES string of the molecule is OCc1cc(C2(c3cc(O)c(O)c(CO)c3)c3ccccc3-c3ccccc32)cc(O)c1O. The Labute approximate surface area is 189 Å². The summed E-state index contributed by atoms with van der Waals surface area (Å²) in [5.41, 5.74) is 3.93. The maximum atomic E-state index is 10.5. The van der Waals surface area contributed by atoms with Gasteiger partial charge in [-0.15, -0.1) is 0 Å². The molecule has 0 fully saturated rings. The second kappa shape index (κ2) is 7.55. The largest absolute Gasteiger partial charge is 0.504 e.